The van der Waals surface area contributed by atoms with Crippen LogP contribution in [0.5, 0.6) is 0 Å². The summed E-state index contributed by atoms with van der Waals surface area (Å²) in [6, 6.07) is 2.00. The van der Waals surface area contributed by atoms with Crippen LogP contribution in [0.15, 0.2) is 6.07 Å². The normalized spacial score (nSPS) is 23.9. The third-order valence-corrected chi connectivity index (χ3v) is 3.56. The van der Waals surface area contributed by atoms with Gasteiger partial charge in [-0.1, -0.05) is 0 Å². The third-order valence-electron chi connectivity index (χ3n) is 3.56. The summed E-state index contributed by atoms with van der Waals surface area (Å²) in [5.74, 6) is 0.817. The molecule has 0 saturated carbocycles. The minimum atomic E-state index is 0.321. The lowest BCUT2D eigenvalue weighted by molar-refractivity contribution is -0.0670. The summed E-state index contributed by atoms with van der Waals surface area (Å²) in [5.41, 5.74) is 2.04. The number of ether oxygens (including phenoxy) is 1. The number of rotatable bonds is 4. The molecule has 5 heteroatoms. The number of nitrogens with zero attached hydrogens (tertiary/aromatic N) is 4. The number of anilines is 1. The van der Waals surface area contributed by atoms with Crippen molar-refractivity contribution >= 4 is 5.95 Å². The van der Waals surface area contributed by atoms with Crippen molar-refractivity contribution in [1.82, 2.24) is 14.9 Å². The third kappa shape index (κ3) is 4.15. The van der Waals surface area contributed by atoms with Gasteiger partial charge < -0.3 is 9.64 Å². The molecule has 1 aromatic heterocycles. The molecule has 0 aromatic carbocycles. The quantitative estimate of drug-likeness (QED) is 0.837. The van der Waals surface area contributed by atoms with Gasteiger partial charge in [0.2, 0.25) is 5.95 Å². The van der Waals surface area contributed by atoms with Gasteiger partial charge in [-0.15, -0.1) is 0 Å². The maximum atomic E-state index is 5.76. The number of morpholine rings is 1. The van der Waals surface area contributed by atoms with Crippen molar-refractivity contribution in [1.29, 1.82) is 0 Å². The summed E-state index contributed by atoms with van der Waals surface area (Å²) >= 11 is 0. The molecule has 1 aliphatic heterocycles. The van der Waals surface area contributed by atoms with Crippen molar-refractivity contribution in [2.75, 3.05) is 38.1 Å². The fraction of sp³-hybridized carbons (Fsp3) is 0.733. The van der Waals surface area contributed by atoms with E-state index in [1.807, 2.05) is 19.9 Å². The number of aryl methyl sites for hydroxylation is 2. The lowest BCUT2D eigenvalue weighted by atomic mass is 10.2. The predicted octanol–water partition coefficient (Wildman–Crippen LogP) is 1.64. The van der Waals surface area contributed by atoms with Crippen LogP contribution in [0.2, 0.25) is 0 Å². The number of likely N-dealkylation sites (N-methyl/N-ethyl adjacent to an activating group) is 1. The van der Waals surface area contributed by atoms with E-state index in [1.165, 1.54) is 0 Å². The fourth-order valence-electron chi connectivity index (χ4n) is 2.74. The summed E-state index contributed by atoms with van der Waals surface area (Å²) in [7, 11) is 2.06. The summed E-state index contributed by atoms with van der Waals surface area (Å²) in [6.07, 6.45) is 0.642. The average Bonchev–Trinajstić information content (AvgIpc) is 2.33. The van der Waals surface area contributed by atoms with Gasteiger partial charge in [-0.3, -0.25) is 4.90 Å². The Hall–Kier alpha value is -1.20. The summed E-state index contributed by atoms with van der Waals surface area (Å²) in [4.78, 5) is 13.6. The van der Waals surface area contributed by atoms with Gasteiger partial charge in [0, 0.05) is 44.6 Å². The van der Waals surface area contributed by atoms with Gasteiger partial charge in [0.1, 0.15) is 0 Å². The SMILES string of the molecule is Cc1cc(C)nc(N(C)CCN2C[C@@H](C)O[C@@H](C)C2)n1. The Bertz CT molecular complexity index is 421. The maximum Gasteiger partial charge on any atom is 0.225 e. The Morgan fingerprint density at radius 3 is 2.30 bits per heavy atom. The Balaban J connectivity index is 1.89. The van der Waals surface area contributed by atoms with Gasteiger partial charge in [-0.25, -0.2) is 9.97 Å². The number of hydrogen-bond acceptors (Lipinski definition) is 5. The van der Waals surface area contributed by atoms with Crippen molar-refractivity contribution < 1.29 is 4.74 Å². The van der Waals surface area contributed by atoms with Crippen LogP contribution in [0.4, 0.5) is 5.95 Å². The molecule has 1 saturated heterocycles. The molecule has 1 aromatic rings. The van der Waals surface area contributed by atoms with Gasteiger partial charge in [0.25, 0.3) is 0 Å². The second kappa shape index (κ2) is 6.50. The summed E-state index contributed by atoms with van der Waals surface area (Å²) in [5, 5.41) is 0. The van der Waals surface area contributed by atoms with E-state index in [-0.39, 0.29) is 0 Å². The largest absolute Gasteiger partial charge is 0.373 e. The smallest absolute Gasteiger partial charge is 0.225 e. The Labute approximate surface area is 122 Å². The van der Waals surface area contributed by atoms with Crippen molar-refractivity contribution in [3.8, 4) is 0 Å². The molecule has 2 rings (SSSR count). The van der Waals surface area contributed by atoms with Crippen molar-refractivity contribution in [3.63, 3.8) is 0 Å². The molecule has 0 radical (unpaired) electrons. The van der Waals surface area contributed by atoms with Gasteiger partial charge in [-0.05, 0) is 33.8 Å². The highest BCUT2D eigenvalue weighted by molar-refractivity contribution is 5.30. The fourth-order valence-corrected chi connectivity index (χ4v) is 2.74. The molecule has 0 spiro atoms. The van der Waals surface area contributed by atoms with Crippen LogP contribution in [-0.4, -0.2) is 60.3 Å². The molecular formula is C15H26N4O. The monoisotopic (exact) mass is 278 g/mol. The highest BCUT2D eigenvalue weighted by Gasteiger charge is 2.22. The first-order valence-corrected chi connectivity index (χ1v) is 7.35. The van der Waals surface area contributed by atoms with Gasteiger partial charge in [0.05, 0.1) is 12.2 Å². The minimum absolute atomic E-state index is 0.321. The zero-order valence-corrected chi connectivity index (χ0v) is 13.3. The molecule has 0 aliphatic carbocycles. The molecule has 0 bridgehead atoms. The lowest BCUT2D eigenvalue weighted by Crippen LogP contribution is -2.47. The molecular weight excluding hydrogens is 252 g/mol. The van der Waals surface area contributed by atoms with Crippen LogP contribution < -0.4 is 4.90 Å². The van der Waals surface area contributed by atoms with E-state index in [9.17, 15) is 0 Å². The minimum Gasteiger partial charge on any atom is -0.373 e. The van der Waals surface area contributed by atoms with Crippen LogP contribution in [0, 0.1) is 13.8 Å². The average molecular weight is 278 g/mol. The Morgan fingerprint density at radius 1 is 1.20 bits per heavy atom. The first kappa shape index (κ1) is 15.2. The van der Waals surface area contributed by atoms with Crippen LogP contribution in [-0.2, 0) is 4.74 Å². The zero-order chi connectivity index (χ0) is 14.7. The Morgan fingerprint density at radius 2 is 1.75 bits per heavy atom. The lowest BCUT2D eigenvalue weighted by Gasteiger charge is -2.36. The molecule has 0 amide bonds. The Kier molecular flexibility index (Phi) is 4.94. The second-order valence-corrected chi connectivity index (χ2v) is 5.89. The number of hydrogen-bond donors (Lipinski definition) is 0. The topological polar surface area (TPSA) is 41.5 Å². The van der Waals surface area contributed by atoms with E-state index in [0.717, 1.165) is 43.5 Å². The van der Waals surface area contributed by atoms with E-state index in [0.29, 0.717) is 12.2 Å². The van der Waals surface area contributed by atoms with Crippen molar-refractivity contribution in [2.45, 2.75) is 39.9 Å². The summed E-state index contributed by atoms with van der Waals surface area (Å²) in [6.45, 7) is 12.3. The standard InChI is InChI=1S/C15H26N4O/c1-11-8-12(2)17-15(16-11)18(5)6-7-19-9-13(3)20-14(4)10-19/h8,13-14H,6-7,9-10H2,1-5H3/t13-,14+. The molecule has 2 atom stereocenters. The van der Waals surface area contributed by atoms with Gasteiger partial charge >= 0.3 is 0 Å². The molecule has 0 N–H and O–H groups in total. The van der Waals surface area contributed by atoms with E-state index in [4.69, 9.17) is 4.74 Å². The summed E-state index contributed by atoms with van der Waals surface area (Å²) < 4.78 is 5.76. The molecule has 1 fully saturated rings. The molecule has 20 heavy (non-hydrogen) atoms. The highest BCUT2D eigenvalue weighted by Crippen LogP contribution is 2.12. The molecule has 1 aliphatic rings. The molecule has 112 valence electrons. The van der Waals surface area contributed by atoms with Crippen LogP contribution in [0.1, 0.15) is 25.2 Å². The first-order valence-electron chi connectivity index (χ1n) is 7.35. The van der Waals surface area contributed by atoms with E-state index in [2.05, 4.69) is 40.7 Å². The maximum absolute atomic E-state index is 5.76. The number of aromatic nitrogens is 2. The van der Waals surface area contributed by atoms with Gasteiger partial charge in [-0.2, -0.15) is 0 Å². The molecule has 5 nitrogen and oxygen atoms in total. The molecule has 2 heterocycles. The molecule has 0 unspecified atom stereocenters. The van der Waals surface area contributed by atoms with Gasteiger partial charge in [0.15, 0.2) is 0 Å². The van der Waals surface area contributed by atoms with Crippen molar-refractivity contribution in [2.24, 2.45) is 0 Å². The predicted molar refractivity (Wildman–Crippen MR) is 81.2 cm³/mol. The second-order valence-electron chi connectivity index (χ2n) is 5.89. The van der Waals surface area contributed by atoms with Crippen molar-refractivity contribution in [3.05, 3.63) is 17.5 Å². The van der Waals surface area contributed by atoms with E-state index >= 15 is 0 Å². The first-order chi connectivity index (χ1) is 9.44. The van der Waals surface area contributed by atoms with Crippen LogP contribution in [0.25, 0.3) is 0 Å². The highest BCUT2D eigenvalue weighted by atomic mass is 16.5. The zero-order valence-electron chi connectivity index (χ0n) is 13.3. The van der Waals surface area contributed by atoms with Crippen LogP contribution in [0.3, 0.4) is 0 Å². The van der Waals surface area contributed by atoms with E-state index < -0.39 is 0 Å². The van der Waals surface area contributed by atoms with E-state index in [1.54, 1.807) is 0 Å². The van der Waals surface area contributed by atoms with Crippen LogP contribution >= 0.6 is 0 Å².